The number of thiazole rings is 1. The minimum atomic E-state index is -0.374. The second-order valence-corrected chi connectivity index (χ2v) is 8.58. The summed E-state index contributed by atoms with van der Waals surface area (Å²) in [5.41, 5.74) is 1.50. The van der Waals surface area contributed by atoms with Crippen LogP contribution >= 0.6 is 23.1 Å². The maximum absolute atomic E-state index is 12.6. The summed E-state index contributed by atoms with van der Waals surface area (Å²) in [7, 11) is 0. The van der Waals surface area contributed by atoms with E-state index in [4.69, 9.17) is 5.26 Å². The Bertz CT molecular complexity index is 916. The van der Waals surface area contributed by atoms with Crippen molar-refractivity contribution < 1.29 is 9.72 Å². The van der Waals surface area contributed by atoms with Gasteiger partial charge >= 0.3 is 0 Å². The summed E-state index contributed by atoms with van der Waals surface area (Å²) in [6.07, 6.45) is 1.25. The first-order valence-corrected chi connectivity index (χ1v) is 10.6. The minimum absolute atomic E-state index is 0.0761. The molecule has 0 atom stereocenters. The number of nitro benzene ring substituents is 1. The summed E-state index contributed by atoms with van der Waals surface area (Å²) in [6, 6.07) is 8.77. The van der Waals surface area contributed by atoms with Crippen LogP contribution in [0.1, 0.15) is 18.5 Å². The number of amides is 1. The van der Waals surface area contributed by atoms with Crippen LogP contribution in [0.5, 0.6) is 0 Å². The van der Waals surface area contributed by atoms with Gasteiger partial charge in [-0.2, -0.15) is 5.26 Å². The number of nitrogens with one attached hydrogen (secondary N) is 1. The number of piperidine rings is 1. The second-order valence-electron chi connectivity index (χ2n) is 6.34. The largest absolute Gasteiger partial charge is 0.366 e. The standard InChI is InChI=1S/C18H19N5O3S2/c1-12-17(27-11-8-19)28-18(20-12)21-16(24)13-6-9-22(10-7-13)14-4-2-3-5-15(14)23(25)26/h2-5,13H,6-7,9-11H2,1H3,(H,20,21,24). The predicted molar refractivity (Wildman–Crippen MR) is 110 cm³/mol. The molecule has 1 saturated heterocycles. The number of carbonyl (C=O) groups excluding carboxylic acids is 1. The van der Waals surface area contributed by atoms with Crippen LogP contribution in [0.4, 0.5) is 16.5 Å². The number of anilines is 2. The zero-order chi connectivity index (χ0) is 20.1. The Labute approximate surface area is 170 Å². The summed E-state index contributed by atoms with van der Waals surface area (Å²) < 4.78 is 0.933. The number of carbonyl (C=O) groups is 1. The van der Waals surface area contributed by atoms with Crippen molar-refractivity contribution in [3.63, 3.8) is 0 Å². The van der Waals surface area contributed by atoms with E-state index in [0.29, 0.717) is 42.5 Å². The van der Waals surface area contributed by atoms with Crippen LogP contribution in [0.15, 0.2) is 28.5 Å². The molecule has 0 saturated carbocycles. The lowest BCUT2D eigenvalue weighted by atomic mass is 9.95. The number of hydrogen-bond donors (Lipinski definition) is 1. The summed E-state index contributed by atoms with van der Waals surface area (Å²) in [5.74, 6) is 0.117. The SMILES string of the molecule is Cc1nc(NC(=O)C2CCN(c3ccccc3[N+](=O)[O-])CC2)sc1SCC#N. The lowest BCUT2D eigenvalue weighted by Crippen LogP contribution is -2.38. The molecule has 2 aromatic rings. The predicted octanol–water partition coefficient (Wildman–Crippen LogP) is 3.83. The number of rotatable bonds is 6. The number of hydrogen-bond acceptors (Lipinski definition) is 8. The molecule has 0 unspecified atom stereocenters. The molecule has 0 spiro atoms. The Morgan fingerprint density at radius 1 is 1.46 bits per heavy atom. The Morgan fingerprint density at radius 2 is 2.18 bits per heavy atom. The van der Waals surface area contributed by atoms with Crippen LogP contribution in [0.25, 0.3) is 0 Å². The van der Waals surface area contributed by atoms with E-state index < -0.39 is 0 Å². The van der Waals surface area contributed by atoms with Gasteiger partial charge < -0.3 is 10.2 Å². The van der Waals surface area contributed by atoms with Crippen molar-refractivity contribution in [2.24, 2.45) is 5.92 Å². The number of nitro groups is 1. The van der Waals surface area contributed by atoms with Gasteiger partial charge in [-0.25, -0.2) is 4.98 Å². The molecular weight excluding hydrogens is 398 g/mol. The molecule has 0 bridgehead atoms. The first-order valence-electron chi connectivity index (χ1n) is 8.76. The van der Waals surface area contributed by atoms with Crippen molar-refractivity contribution in [1.29, 1.82) is 5.26 Å². The van der Waals surface area contributed by atoms with Gasteiger partial charge in [-0.05, 0) is 25.8 Å². The Kier molecular flexibility index (Phi) is 6.49. The van der Waals surface area contributed by atoms with Crippen LogP contribution in [-0.4, -0.2) is 34.7 Å². The van der Waals surface area contributed by atoms with Gasteiger partial charge in [0.25, 0.3) is 5.69 Å². The Balaban J connectivity index is 1.59. The molecule has 0 aliphatic carbocycles. The molecule has 0 radical (unpaired) electrons. The summed E-state index contributed by atoms with van der Waals surface area (Å²) in [6.45, 7) is 3.03. The smallest absolute Gasteiger partial charge is 0.292 e. The highest BCUT2D eigenvalue weighted by Gasteiger charge is 2.28. The first-order chi connectivity index (χ1) is 13.5. The number of aromatic nitrogens is 1. The van der Waals surface area contributed by atoms with Gasteiger partial charge in [0, 0.05) is 25.1 Å². The topological polar surface area (TPSA) is 112 Å². The van der Waals surface area contributed by atoms with Gasteiger partial charge in [0.05, 0.1) is 26.6 Å². The maximum atomic E-state index is 12.6. The zero-order valence-corrected chi connectivity index (χ0v) is 16.9. The van der Waals surface area contributed by atoms with E-state index in [1.54, 1.807) is 18.2 Å². The quantitative estimate of drug-likeness (QED) is 0.432. The molecule has 3 rings (SSSR count). The van der Waals surface area contributed by atoms with Crippen LogP contribution in [0.3, 0.4) is 0 Å². The van der Waals surface area contributed by atoms with Gasteiger partial charge in [-0.15, -0.1) is 0 Å². The normalized spacial score (nSPS) is 14.5. The van der Waals surface area contributed by atoms with E-state index in [2.05, 4.69) is 16.4 Å². The van der Waals surface area contributed by atoms with Crippen molar-refractivity contribution in [2.45, 2.75) is 24.0 Å². The minimum Gasteiger partial charge on any atom is -0.366 e. The van der Waals surface area contributed by atoms with E-state index in [9.17, 15) is 14.9 Å². The molecule has 2 heterocycles. The monoisotopic (exact) mass is 417 g/mol. The second kappa shape index (κ2) is 9.03. The molecule has 1 aliphatic rings. The van der Waals surface area contributed by atoms with Crippen LogP contribution in [-0.2, 0) is 4.79 Å². The highest BCUT2D eigenvalue weighted by atomic mass is 32.2. The summed E-state index contributed by atoms with van der Waals surface area (Å²) in [5, 5.41) is 23.3. The Hall–Kier alpha value is -2.64. The summed E-state index contributed by atoms with van der Waals surface area (Å²) in [4.78, 5) is 29.8. The van der Waals surface area contributed by atoms with E-state index in [1.165, 1.54) is 29.2 Å². The highest BCUT2D eigenvalue weighted by Crippen LogP contribution is 2.34. The van der Waals surface area contributed by atoms with E-state index in [0.717, 1.165) is 9.90 Å². The van der Waals surface area contributed by atoms with Gasteiger partial charge in [0.2, 0.25) is 5.91 Å². The lowest BCUT2D eigenvalue weighted by Gasteiger charge is -2.32. The average molecular weight is 418 g/mol. The number of nitrogens with zero attached hydrogens (tertiary/aromatic N) is 4. The molecule has 1 aromatic heterocycles. The molecule has 1 N–H and O–H groups in total. The van der Waals surface area contributed by atoms with Crippen molar-refractivity contribution in [2.75, 3.05) is 29.1 Å². The van der Waals surface area contributed by atoms with Crippen molar-refractivity contribution in [3.8, 4) is 6.07 Å². The fourth-order valence-electron chi connectivity index (χ4n) is 3.14. The first kappa shape index (κ1) is 20.1. The van der Waals surface area contributed by atoms with E-state index in [-0.39, 0.29) is 22.4 Å². The van der Waals surface area contributed by atoms with Gasteiger partial charge in [0.15, 0.2) is 5.13 Å². The molecular formula is C18H19N5O3S2. The van der Waals surface area contributed by atoms with E-state index >= 15 is 0 Å². The van der Waals surface area contributed by atoms with E-state index in [1.807, 2.05) is 11.8 Å². The number of aryl methyl sites for hydroxylation is 1. The third kappa shape index (κ3) is 4.61. The molecule has 1 amide bonds. The average Bonchev–Trinajstić information content (AvgIpc) is 3.05. The molecule has 10 heteroatoms. The number of thioether (sulfide) groups is 1. The van der Waals surface area contributed by atoms with Gasteiger partial charge in [0.1, 0.15) is 5.69 Å². The third-order valence-corrected chi connectivity index (χ3v) is 6.84. The molecule has 1 aliphatic heterocycles. The third-order valence-electron chi connectivity index (χ3n) is 4.54. The lowest BCUT2D eigenvalue weighted by molar-refractivity contribution is -0.384. The zero-order valence-electron chi connectivity index (χ0n) is 15.3. The molecule has 28 heavy (non-hydrogen) atoms. The maximum Gasteiger partial charge on any atom is 0.292 e. The highest BCUT2D eigenvalue weighted by molar-refractivity contribution is 8.01. The number of benzene rings is 1. The summed E-state index contributed by atoms with van der Waals surface area (Å²) >= 11 is 2.79. The molecule has 1 aromatic carbocycles. The van der Waals surface area contributed by atoms with Crippen LogP contribution in [0.2, 0.25) is 0 Å². The van der Waals surface area contributed by atoms with Crippen LogP contribution < -0.4 is 10.2 Å². The molecule has 146 valence electrons. The van der Waals surface area contributed by atoms with Crippen molar-refractivity contribution in [1.82, 2.24) is 4.98 Å². The molecule has 8 nitrogen and oxygen atoms in total. The number of para-hydroxylation sites is 2. The Morgan fingerprint density at radius 3 is 2.86 bits per heavy atom. The van der Waals surface area contributed by atoms with Gasteiger partial charge in [-0.1, -0.05) is 35.2 Å². The van der Waals surface area contributed by atoms with Gasteiger partial charge in [-0.3, -0.25) is 14.9 Å². The number of nitriles is 1. The van der Waals surface area contributed by atoms with Crippen LogP contribution in [0, 0.1) is 34.3 Å². The fraction of sp³-hybridized carbons (Fsp3) is 0.389. The van der Waals surface area contributed by atoms with Crippen molar-refractivity contribution >= 4 is 45.5 Å². The van der Waals surface area contributed by atoms with Crippen molar-refractivity contribution in [3.05, 3.63) is 40.1 Å². The molecule has 1 fully saturated rings. The fourth-order valence-corrected chi connectivity index (χ4v) is 4.95.